The van der Waals surface area contributed by atoms with Gasteiger partial charge in [0.1, 0.15) is 5.69 Å². The Morgan fingerprint density at radius 2 is 2.17 bits per heavy atom. The van der Waals surface area contributed by atoms with Crippen molar-refractivity contribution in [3.63, 3.8) is 0 Å². The zero-order chi connectivity index (χ0) is 13.1. The summed E-state index contributed by atoms with van der Waals surface area (Å²) in [4.78, 5) is 11.1. The summed E-state index contributed by atoms with van der Waals surface area (Å²) in [5.41, 5.74) is 2.63. The molecule has 2 rings (SSSR count). The molecule has 0 aliphatic heterocycles. The molecule has 0 atom stereocenters. The molecule has 0 spiro atoms. The van der Waals surface area contributed by atoms with Crippen molar-refractivity contribution in [2.24, 2.45) is 0 Å². The summed E-state index contributed by atoms with van der Waals surface area (Å²) in [5, 5.41) is 17.9. The van der Waals surface area contributed by atoms with Gasteiger partial charge in [0.25, 0.3) is 0 Å². The predicted octanol–water partition coefficient (Wildman–Crippen LogP) is 2.41. The minimum atomic E-state index is -0.945. The highest BCUT2D eigenvalue weighted by atomic mass is 16.4. The van der Waals surface area contributed by atoms with E-state index in [9.17, 15) is 4.79 Å². The van der Waals surface area contributed by atoms with Crippen molar-refractivity contribution in [3.05, 3.63) is 58.9 Å². The highest BCUT2D eigenvalue weighted by Gasteiger charge is 2.11. The lowest BCUT2D eigenvalue weighted by atomic mass is 10.1. The summed E-state index contributed by atoms with van der Waals surface area (Å²) < 4.78 is 1.72. The smallest absolute Gasteiger partial charge is 0.352 e. The first-order chi connectivity index (χ1) is 8.61. The minimum absolute atomic E-state index is 0.259. The Kier molecular flexibility index (Phi) is 3.16. The number of hydrogen-bond acceptors (Lipinski definition) is 2. The normalized spacial score (nSPS) is 10.0. The first-order valence-electron chi connectivity index (χ1n) is 5.50. The summed E-state index contributed by atoms with van der Waals surface area (Å²) in [5.74, 6) is -0.945. The highest BCUT2D eigenvalue weighted by Crippen LogP contribution is 2.13. The molecular formula is C14H12N2O2. The van der Waals surface area contributed by atoms with Crippen molar-refractivity contribution in [1.82, 2.24) is 4.57 Å². The summed E-state index contributed by atoms with van der Waals surface area (Å²) in [6.07, 6.45) is 0. The molecule has 1 N–H and O–H groups in total. The fourth-order valence-electron chi connectivity index (χ4n) is 1.89. The Hall–Kier alpha value is -2.54. The average Bonchev–Trinajstić information content (AvgIpc) is 2.71. The lowest BCUT2D eigenvalue weighted by Gasteiger charge is -2.09. The lowest BCUT2D eigenvalue weighted by molar-refractivity contribution is 0.0685. The number of aromatic carboxylic acids is 1. The zero-order valence-corrected chi connectivity index (χ0v) is 9.92. The fourth-order valence-corrected chi connectivity index (χ4v) is 1.89. The number of aromatic nitrogens is 1. The number of rotatable bonds is 3. The molecule has 0 radical (unpaired) electrons. The molecule has 4 nitrogen and oxygen atoms in total. The van der Waals surface area contributed by atoms with E-state index in [4.69, 9.17) is 10.4 Å². The number of hydrogen-bond donors (Lipinski definition) is 1. The van der Waals surface area contributed by atoms with Gasteiger partial charge in [0, 0.05) is 12.2 Å². The van der Waals surface area contributed by atoms with Gasteiger partial charge in [-0.3, -0.25) is 0 Å². The Bertz CT molecular complexity index is 635. The molecule has 1 aromatic carbocycles. The number of carbonyl (C=O) groups is 1. The van der Waals surface area contributed by atoms with Crippen LogP contribution in [0.15, 0.2) is 36.4 Å². The fraction of sp³-hybridized carbons (Fsp3) is 0.143. The van der Waals surface area contributed by atoms with E-state index in [1.54, 1.807) is 34.9 Å². The van der Waals surface area contributed by atoms with Crippen LogP contribution in [0, 0.1) is 18.3 Å². The van der Waals surface area contributed by atoms with Gasteiger partial charge < -0.3 is 9.67 Å². The zero-order valence-electron chi connectivity index (χ0n) is 9.92. The Labute approximate surface area is 105 Å². The Morgan fingerprint density at radius 1 is 1.39 bits per heavy atom. The molecule has 0 saturated heterocycles. The molecule has 18 heavy (non-hydrogen) atoms. The Balaban J connectivity index is 2.37. The number of nitrogens with zero attached hydrogens (tertiary/aromatic N) is 2. The van der Waals surface area contributed by atoms with Gasteiger partial charge in [0.2, 0.25) is 0 Å². The SMILES string of the molecule is Cc1ccc(C(=O)O)n1Cc1cccc(C#N)c1. The van der Waals surface area contributed by atoms with Crippen LogP contribution in [0.1, 0.15) is 27.3 Å². The van der Waals surface area contributed by atoms with Crippen LogP contribution in [0.4, 0.5) is 0 Å². The molecule has 0 aliphatic carbocycles. The molecule has 0 aliphatic rings. The monoisotopic (exact) mass is 240 g/mol. The van der Waals surface area contributed by atoms with Crippen LogP contribution >= 0.6 is 0 Å². The van der Waals surface area contributed by atoms with E-state index in [1.807, 2.05) is 13.0 Å². The molecule has 4 heteroatoms. The van der Waals surface area contributed by atoms with Crippen LogP contribution < -0.4 is 0 Å². The third kappa shape index (κ3) is 2.25. The molecule has 0 bridgehead atoms. The molecule has 0 unspecified atom stereocenters. The maximum atomic E-state index is 11.1. The van der Waals surface area contributed by atoms with Gasteiger partial charge in [0.05, 0.1) is 11.6 Å². The summed E-state index contributed by atoms with van der Waals surface area (Å²) >= 11 is 0. The van der Waals surface area contributed by atoms with E-state index < -0.39 is 5.97 Å². The molecular weight excluding hydrogens is 228 g/mol. The highest BCUT2D eigenvalue weighted by molar-refractivity contribution is 5.86. The van der Waals surface area contributed by atoms with Gasteiger partial charge in [-0.05, 0) is 36.8 Å². The first kappa shape index (κ1) is 11.9. The van der Waals surface area contributed by atoms with Crippen molar-refractivity contribution in [1.29, 1.82) is 5.26 Å². The third-order valence-corrected chi connectivity index (χ3v) is 2.81. The van der Waals surface area contributed by atoms with Crippen molar-refractivity contribution < 1.29 is 9.90 Å². The van der Waals surface area contributed by atoms with E-state index in [1.165, 1.54) is 0 Å². The topological polar surface area (TPSA) is 66.0 Å². The minimum Gasteiger partial charge on any atom is -0.477 e. The summed E-state index contributed by atoms with van der Waals surface area (Å²) in [6.45, 7) is 2.32. The second kappa shape index (κ2) is 4.76. The predicted molar refractivity (Wildman–Crippen MR) is 66.4 cm³/mol. The van der Waals surface area contributed by atoms with Gasteiger partial charge in [-0.1, -0.05) is 12.1 Å². The Morgan fingerprint density at radius 3 is 2.83 bits per heavy atom. The number of carboxylic acids is 1. The van der Waals surface area contributed by atoms with Crippen molar-refractivity contribution in [2.75, 3.05) is 0 Å². The maximum absolute atomic E-state index is 11.1. The van der Waals surface area contributed by atoms with Crippen LogP contribution in [0.2, 0.25) is 0 Å². The number of nitriles is 1. The maximum Gasteiger partial charge on any atom is 0.352 e. The third-order valence-electron chi connectivity index (χ3n) is 2.81. The summed E-state index contributed by atoms with van der Waals surface area (Å²) in [6, 6.07) is 12.6. The molecule has 0 fully saturated rings. The van der Waals surface area contributed by atoms with E-state index in [0.29, 0.717) is 12.1 Å². The van der Waals surface area contributed by atoms with Gasteiger partial charge in [-0.2, -0.15) is 5.26 Å². The molecule has 0 saturated carbocycles. The molecule has 0 amide bonds. The summed E-state index contributed by atoms with van der Waals surface area (Å²) in [7, 11) is 0. The first-order valence-corrected chi connectivity index (χ1v) is 5.50. The molecule has 1 aromatic heterocycles. The van der Waals surface area contributed by atoms with Crippen LogP contribution in [0.3, 0.4) is 0 Å². The van der Waals surface area contributed by atoms with Crippen LogP contribution in [-0.4, -0.2) is 15.6 Å². The van der Waals surface area contributed by atoms with Crippen molar-refractivity contribution in [2.45, 2.75) is 13.5 Å². The second-order valence-corrected chi connectivity index (χ2v) is 4.06. The van der Waals surface area contributed by atoms with Gasteiger partial charge >= 0.3 is 5.97 Å². The van der Waals surface area contributed by atoms with E-state index in [2.05, 4.69) is 6.07 Å². The van der Waals surface area contributed by atoms with Crippen molar-refractivity contribution >= 4 is 5.97 Å². The lowest BCUT2D eigenvalue weighted by Crippen LogP contribution is -2.10. The quantitative estimate of drug-likeness (QED) is 0.895. The average molecular weight is 240 g/mol. The molecule has 2 aromatic rings. The standard InChI is InChI=1S/C14H12N2O2/c1-10-5-6-13(14(17)18)16(10)9-12-4-2-3-11(7-12)8-15/h2-7H,9H2,1H3,(H,17,18). The van der Waals surface area contributed by atoms with E-state index >= 15 is 0 Å². The van der Waals surface area contributed by atoms with Gasteiger partial charge in [-0.15, -0.1) is 0 Å². The van der Waals surface area contributed by atoms with E-state index in [0.717, 1.165) is 11.3 Å². The number of aryl methyl sites for hydroxylation is 1. The van der Waals surface area contributed by atoms with Crippen LogP contribution in [-0.2, 0) is 6.54 Å². The molecule has 90 valence electrons. The number of benzene rings is 1. The van der Waals surface area contributed by atoms with Crippen molar-refractivity contribution in [3.8, 4) is 6.07 Å². The van der Waals surface area contributed by atoms with E-state index in [-0.39, 0.29) is 5.69 Å². The largest absolute Gasteiger partial charge is 0.477 e. The van der Waals surface area contributed by atoms with Gasteiger partial charge in [-0.25, -0.2) is 4.79 Å². The van der Waals surface area contributed by atoms with Crippen LogP contribution in [0.5, 0.6) is 0 Å². The van der Waals surface area contributed by atoms with Crippen LogP contribution in [0.25, 0.3) is 0 Å². The van der Waals surface area contributed by atoms with Gasteiger partial charge in [0.15, 0.2) is 0 Å². The second-order valence-electron chi connectivity index (χ2n) is 4.06. The molecule has 1 heterocycles. The number of carboxylic acid groups (broad SMARTS) is 1.